The summed E-state index contributed by atoms with van der Waals surface area (Å²) in [4.78, 5) is 0. The van der Waals surface area contributed by atoms with Crippen molar-refractivity contribution < 1.29 is 14.2 Å². The van der Waals surface area contributed by atoms with Crippen LogP contribution in [0.25, 0.3) is 0 Å². The smallest absolute Gasteiger partial charge is 0.179 e. The first kappa shape index (κ1) is 11.4. The number of benzene rings is 1. The standard InChI is InChI=1S/C9H11BrFNO2/c1-14-9-5(7(12)4-13)2-3-6(10)8(9)11/h2-3,7,13H,4,12H2,1H3. The summed E-state index contributed by atoms with van der Waals surface area (Å²) >= 11 is 3.03. The molecular weight excluding hydrogens is 253 g/mol. The molecular formula is C9H11BrFNO2. The van der Waals surface area contributed by atoms with Crippen molar-refractivity contribution in [3.05, 3.63) is 28.0 Å². The van der Waals surface area contributed by atoms with Gasteiger partial charge in [-0.3, -0.25) is 0 Å². The topological polar surface area (TPSA) is 55.5 Å². The van der Waals surface area contributed by atoms with E-state index in [9.17, 15) is 4.39 Å². The predicted octanol–water partition coefficient (Wildman–Crippen LogP) is 1.59. The average Bonchev–Trinajstić information content (AvgIpc) is 2.20. The van der Waals surface area contributed by atoms with E-state index in [1.807, 2.05) is 0 Å². The Kier molecular flexibility index (Phi) is 3.86. The Morgan fingerprint density at radius 2 is 2.29 bits per heavy atom. The minimum Gasteiger partial charge on any atom is -0.493 e. The van der Waals surface area contributed by atoms with Gasteiger partial charge in [-0.2, -0.15) is 0 Å². The first-order valence-corrected chi connectivity index (χ1v) is 4.79. The van der Waals surface area contributed by atoms with Gasteiger partial charge in [-0.15, -0.1) is 0 Å². The summed E-state index contributed by atoms with van der Waals surface area (Å²) in [6.07, 6.45) is 0. The van der Waals surface area contributed by atoms with Crippen molar-refractivity contribution in [3.8, 4) is 5.75 Å². The van der Waals surface area contributed by atoms with Crippen LogP contribution in [-0.2, 0) is 0 Å². The molecule has 3 nitrogen and oxygen atoms in total. The van der Waals surface area contributed by atoms with Crippen LogP contribution in [-0.4, -0.2) is 18.8 Å². The molecule has 1 unspecified atom stereocenters. The summed E-state index contributed by atoms with van der Waals surface area (Å²) in [5.74, 6) is -0.435. The van der Waals surface area contributed by atoms with Gasteiger partial charge < -0.3 is 15.6 Å². The first-order chi connectivity index (χ1) is 6.61. The second-order valence-corrected chi connectivity index (χ2v) is 3.63. The summed E-state index contributed by atoms with van der Waals surface area (Å²) in [5.41, 5.74) is 6.03. The molecule has 1 atom stereocenters. The van der Waals surface area contributed by atoms with Gasteiger partial charge in [-0.05, 0) is 22.0 Å². The van der Waals surface area contributed by atoms with Gasteiger partial charge in [-0.25, -0.2) is 4.39 Å². The van der Waals surface area contributed by atoms with Crippen LogP contribution >= 0.6 is 15.9 Å². The molecule has 0 saturated carbocycles. The fourth-order valence-electron chi connectivity index (χ4n) is 1.14. The second kappa shape index (κ2) is 4.72. The van der Waals surface area contributed by atoms with Crippen LogP contribution in [0.1, 0.15) is 11.6 Å². The van der Waals surface area contributed by atoms with Crippen molar-refractivity contribution in [1.82, 2.24) is 0 Å². The van der Waals surface area contributed by atoms with Gasteiger partial charge >= 0.3 is 0 Å². The zero-order chi connectivity index (χ0) is 10.7. The number of halogens is 2. The molecule has 0 heterocycles. The highest BCUT2D eigenvalue weighted by Crippen LogP contribution is 2.31. The lowest BCUT2D eigenvalue weighted by molar-refractivity contribution is 0.263. The Morgan fingerprint density at radius 1 is 1.64 bits per heavy atom. The zero-order valence-electron chi connectivity index (χ0n) is 7.63. The van der Waals surface area contributed by atoms with Crippen LogP contribution in [0.4, 0.5) is 4.39 Å². The van der Waals surface area contributed by atoms with E-state index >= 15 is 0 Å². The molecule has 0 fully saturated rings. The highest BCUT2D eigenvalue weighted by atomic mass is 79.9. The Bertz CT molecular complexity index is 333. The third-order valence-electron chi connectivity index (χ3n) is 1.88. The fourth-order valence-corrected chi connectivity index (χ4v) is 1.46. The fraction of sp³-hybridized carbons (Fsp3) is 0.333. The number of hydrogen-bond donors (Lipinski definition) is 2. The number of aliphatic hydroxyl groups is 1. The maximum absolute atomic E-state index is 13.5. The number of nitrogens with two attached hydrogens (primary N) is 1. The van der Waals surface area contributed by atoms with Crippen LogP contribution < -0.4 is 10.5 Å². The van der Waals surface area contributed by atoms with E-state index in [0.717, 1.165) is 0 Å². The third kappa shape index (κ3) is 2.05. The molecule has 0 aliphatic carbocycles. The van der Waals surface area contributed by atoms with Crippen LogP contribution in [0, 0.1) is 5.82 Å². The number of methoxy groups -OCH3 is 1. The van der Waals surface area contributed by atoms with Crippen molar-refractivity contribution in [1.29, 1.82) is 0 Å². The summed E-state index contributed by atoms with van der Waals surface area (Å²) < 4.78 is 18.6. The highest BCUT2D eigenvalue weighted by Gasteiger charge is 2.16. The van der Waals surface area contributed by atoms with Gasteiger partial charge in [0.15, 0.2) is 11.6 Å². The number of ether oxygens (including phenoxy) is 1. The minimum atomic E-state index is -0.632. The number of aliphatic hydroxyl groups excluding tert-OH is 1. The molecule has 78 valence electrons. The zero-order valence-corrected chi connectivity index (χ0v) is 9.21. The van der Waals surface area contributed by atoms with Gasteiger partial charge in [0, 0.05) is 5.56 Å². The molecule has 0 amide bonds. The van der Waals surface area contributed by atoms with E-state index in [0.29, 0.717) is 10.0 Å². The van der Waals surface area contributed by atoms with Crippen LogP contribution in [0.5, 0.6) is 5.75 Å². The van der Waals surface area contributed by atoms with Crippen molar-refractivity contribution in [3.63, 3.8) is 0 Å². The molecule has 0 saturated heterocycles. The molecule has 0 aliphatic heterocycles. The molecule has 14 heavy (non-hydrogen) atoms. The van der Waals surface area contributed by atoms with E-state index in [1.54, 1.807) is 6.07 Å². The Hall–Kier alpha value is -0.650. The summed E-state index contributed by atoms with van der Waals surface area (Å²) in [6.45, 7) is -0.253. The molecule has 3 N–H and O–H groups in total. The normalized spacial score (nSPS) is 12.6. The number of hydrogen-bond acceptors (Lipinski definition) is 3. The molecule has 0 aliphatic rings. The van der Waals surface area contributed by atoms with Crippen LogP contribution in [0.2, 0.25) is 0 Å². The van der Waals surface area contributed by atoms with Gasteiger partial charge in [0.05, 0.1) is 24.2 Å². The monoisotopic (exact) mass is 263 g/mol. The van der Waals surface area contributed by atoms with Gasteiger partial charge in [0.1, 0.15) is 0 Å². The van der Waals surface area contributed by atoms with Gasteiger partial charge in [0.25, 0.3) is 0 Å². The molecule has 0 bridgehead atoms. The van der Waals surface area contributed by atoms with E-state index < -0.39 is 11.9 Å². The molecule has 0 radical (unpaired) electrons. The summed E-state index contributed by atoms with van der Waals surface area (Å²) in [6, 6.07) is 2.52. The Morgan fingerprint density at radius 3 is 2.79 bits per heavy atom. The lowest BCUT2D eigenvalue weighted by atomic mass is 10.1. The highest BCUT2D eigenvalue weighted by molar-refractivity contribution is 9.10. The van der Waals surface area contributed by atoms with E-state index in [4.69, 9.17) is 15.6 Å². The maximum Gasteiger partial charge on any atom is 0.179 e. The van der Waals surface area contributed by atoms with Crippen molar-refractivity contribution in [2.24, 2.45) is 5.73 Å². The summed E-state index contributed by atoms with van der Waals surface area (Å²) in [7, 11) is 1.36. The van der Waals surface area contributed by atoms with Crippen molar-refractivity contribution in [2.75, 3.05) is 13.7 Å². The lowest BCUT2D eigenvalue weighted by Gasteiger charge is -2.14. The van der Waals surface area contributed by atoms with E-state index in [2.05, 4.69) is 15.9 Å². The first-order valence-electron chi connectivity index (χ1n) is 4.00. The predicted molar refractivity (Wildman–Crippen MR) is 54.7 cm³/mol. The Balaban J connectivity index is 3.23. The second-order valence-electron chi connectivity index (χ2n) is 2.77. The largest absolute Gasteiger partial charge is 0.493 e. The van der Waals surface area contributed by atoms with Gasteiger partial charge in [-0.1, -0.05) is 6.07 Å². The quantitative estimate of drug-likeness (QED) is 0.871. The molecule has 1 aromatic rings. The SMILES string of the molecule is COc1c(C(N)CO)ccc(Br)c1F. The molecule has 1 rings (SSSR count). The molecule has 0 aromatic heterocycles. The summed E-state index contributed by atoms with van der Waals surface area (Å²) in [5, 5.41) is 8.85. The maximum atomic E-state index is 13.5. The van der Waals surface area contributed by atoms with Gasteiger partial charge in [0.2, 0.25) is 0 Å². The molecule has 5 heteroatoms. The molecule has 0 spiro atoms. The van der Waals surface area contributed by atoms with Crippen LogP contribution in [0.3, 0.4) is 0 Å². The average molecular weight is 264 g/mol. The van der Waals surface area contributed by atoms with Crippen molar-refractivity contribution in [2.45, 2.75) is 6.04 Å². The van der Waals surface area contributed by atoms with Crippen molar-refractivity contribution >= 4 is 15.9 Å². The van der Waals surface area contributed by atoms with Crippen LogP contribution in [0.15, 0.2) is 16.6 Å². The lowest BCUT2D eigenvalue weighted by Crippen LogP contribution is -2.16. The van der Waals surface area contributed by atoms with E-state index in [-0.39, 0.29) is 12.4 Å². The third-order valence-corrected chi connectivity index (χ3v) is 2.49. The van der Waals surface area contributed by atoms with E-state index in [1.165, 1.54) is 13.2 Å². The minimum absolute atomic E-state index is 0.0703. The Labute approximate surface area is 89.8 Å². The number of rotatable bonds is 3. The molecule has 1 aromatic carbocycles.